The Morgan fingerprint density at radius 3 is 2.95 bits per heavy atom. The molecule has 0 bridgehead atoms. The number of amides is 1. The van der Waals surface area contributed by atoms with E-state index in [1.807, 2.05) is 38.1 Å². The van der Waals surface area contributed by atoms with Crippen LogP contribution in [0.15, 0.2) is 28.2 Å². The van der Waals surface area contributed by atoms with Crippen LogP contribution in [-0.4, -0.2) is 30.8 Å². The van der Waals surface area contributed by atoms with Crippen molar-refractivity contribution in [3.8, 4) is 5.75 Å². The average Bonchev–Trinajstić information content (AvgIpc) is 2.44. The number of fused-ring (bicyclic) bond motifs is 1. The summed E-state index contributed by atoms with van der Waals surface area (Å²) in [5, 5.41) is 12.0. The molecular formula is C15H18BrNO3. The molecule has 0 saturated heterocycles. The first-order valence-corrected chi connectivity index (χ1v) is 7.22. The van der Waals surface area contributed by atoms with Gasteiger partial charge in [-0.25, -0.2) is 0 Å². The number of halogens is 1. The molecule has 2 rings (SSSR count). The first kappa shape index (κ1) is 15.1. The molecule has 4 nitrogen and oxygen atoms in total. The van der Waals surface area contributed by atoms with E-state index in [2.05, 4.69) is 21.2 Å². The zero-order valence-corrected chi connectivity index (χ0v) is 13.2. The van der Waals surface area contributed by atoms with Gasteiger partial charge in [-0.1, -0.05) is 29.8 Å². The Morgan fingerprint density at radius 2 is 2.25 bits per heavy atom. The Kier molecular flexibility index (Phi) is 4.50. The molecule has 0 spiro atoms. The second-order valence-electron chi connectivity index (χ2n) is 5.65. The first-order valence-electron chi connectivity index (χ1n) is 6.43. The SMILES string of the molecule is CC(C)(CO)CNC(=O)C1=Cc2cc(Br)ccc2OC1. The number of hydrogen-bond donors (Lipinski definition) is 2. The van der Waals surface area contributed by atoms with Crippen LogP contribution in [0.1, 0.15) is 19.4 Å². The molecule has 2 N–H and O–H groups in total. The maximum Gasteiger partial charge on any atom is 0.250 e. The number of hydrogen-bond acceptors (Lipinski definition) is 3. The fraction of sp³-hybridized carbons (Fsp3) is 0.400. The van der Waals surface area contributed by atoms with E-state index in [1.54, 1.807) is 0 Å². The number of carbonyl (C=O) groups is 1. The third-order valence-corrected chi connectivity index (χ3v) is 3.63. The fourth-order valence-corrected chi connectivity index (χ4v) is 2.15. The van der Waals surface area contributed by atoms with Crippen molar-refractivity contribution in [2.24, 2.45) is 5.41 Å². The van der Waals surface area contributed by atoms with Crippen LogP contribution in [0.25, 0.3) is 6.08 Å². The van der Waals surface area contributed by atoms with Crippen molar-refractivity contribution in [2.45, 2.75) is 13.8 Å². The Labute approximate surface area is 127 Å². The lowest BCUT2D eigenvalue weighted by Gasteiger charge is -2.23. The highest BCUT2D eigenvalue weighted by Gasteiger charge is 2.21. The van der Waals surface area contributed by atoms with Gasteiger partial charge in [0.25, 0.3) is 5.91 Å². The molecule has 0 radical (unpaired) electrons. The van der Waals surface area contributed by atoms with Crippen molar-refractivity contribution in [3.05, 3.63) is 33.8 Å². The average molecular weight is 340 g/mol. The van der Waals surface area contributed by atoms with Crippen molar-refractivity contribution in [3.63, 3.8) is 0 Å². The van der Waals surface area contributed by atoms with E-state index in [0.29, 0.717) is 12.1 Å². The first-order chi connectivity index (χ1) is 9.41. The number of aliphatic hydroxyl groups excluding tert-OH is 1. The van der Waals surface area contributed by atoms with E-state index in [-0.39, 0.29) is 24.5 Å². The normalized spacial score (nSPS) is 14.1. The molecule has 0 aromatic heterocycles. The van der Waals surface area contributed by atoms with Gasteiger partial charge >= 0.3 is 0 Å². The Bertz CT molecular complexity index is 552. The summed E-state index contributed by atoms with van der Waals surface area (Å²) in [5.41, 5.74) is 1.15. The molecule has 0 saturated carbocycles. The van der Waals surface area contributed by atoms with Gasteiger partial charge in [0, 0.05) is 28.6 Å². The summed E-state index contributed by atoms with van der Waals surface area (Å²) >= 11 is 3.40. The molecule has 1 aliphatic rings. The van der Waals surface area contributed by atoms with Crippen molar-refractivity contribution >= 4 is 27.9 Å². The molecule has 1 aromatic carbocycles. The standard InChI is InChI=1S/C15H18BrNO3/c1-15(2,9-18)8-17-14(19)11-5-10-6-12(16)3-4-13(10)20-7-11/h3-6,18H,7-9H2,1-2H3,(H,17,19). The van der Waals surface area contributed by atoms with Crippen LogP contribution in [0.4, 0.5) is 0 Å². The van der Waals surface area contributed by atoms with Crippen molar-refractivity contribution < 1.29 is 14.6 Å². The molecule has 0 atom stereocenters. The van der Waals surface area contributed by atoms with Crippen molar-refractivity contribution in [1.29, 1.82) is 0 Å². The van der Waals surface area contributed by atoms with Gasteiger partial charge in [-0.2, -0.15) is 0 Å². The summed E-state index contributed by atoms with van der Waals surface area (Å²) in [6, 6.07) is 5.69. The largest absolute Gasteiger partial charge is 0.488 e. The molecule has 0 unspecified atom stereocenters. The predicted molar refractivity (Wildman–Crippen MR) is 81.5 cm³/mol. The van der Waals surface area contributed by atoms with Gasteiger partial charge in [0.1, 0.15) is 12.4 Å². The molecule has 1 amide bonds. The molecule has 0 aliphatic carbocycles. The van der Waals surface area contributed by atoms with E-state index in [9.17, 15) is 9.90 Å². The van der Waals surface area contributed by atoms with E-state index in [1.165, 1.54) is 0 Å². The molecule has 0 fully saturated rings. The zero-order chi connectivity index (χ0) is 14.8. The summed E-state index contributed by atoms with van der Waals surface area (Å²) in [6.45, 7) is 4.50. The molecule has 1 aromatic rings. The second-order valence-corrected chi connectivity index (χ2v) is 6.56. The van der Waals surface area contributed by atoms with Crippen LogP contribution < -0.4 is 10.1 Å². The highest BCUT2D eigenvalue weighted by atomic mass is 79.9. The lowest BCUT2D eigenvalue weighted by molar-refractivity contribution is -0.118. The van der Waals surface area contributed by atoms with Gasteiger partial charge in [-0.15, -0.1) is 0 Å². The molecule has 1 heterocycles. The maximum absolute atomic E-state index is 12.1. The minimum atomic E-state index is -0.327. The summed E-state index contributed by atoms with van der Waals surface area (Å²) in [6.07, 6.45) is 1.84. The molecular weight excluding hydrogens is 322 g/mol. The number of ether oxygens (including phenoxy) is 1. The number of rotatable bonds is 4. The summed E-state index contributed by atoms with van der Waals surface area (Å²) in [5.74, 6) is 0.623. The third-order valence-electron chi connectivity index (χ3n) is 3.13. The van der Waals surface area contributed by atoms with Crippen LogP contribution >= 0.6 is 15.9 Å². The van der Waals surface area contributed by atoms with Crippen LogP contribution in [-0.2, 0) is 4.79 Å². The molecule has 20 heavy (non-hydrogen) atoms. The zero-order valence-electron chi connectivity index (χ0n) is 11.6. The Hall–Kier alpha value is -1.33. The van der Waals surface area contributed by atoms with Crippen LogP contribution in [0.3, 0.4) is 0 Å². The number of benzene rings is 1. The minimum Gasteiger partial charge on any atom is -0.488 e. The van der Waals surface area contributed by atoms with E-state index in [0.717, 1.165) is 15.8 Å². The van der Waals surface area contributed by atoms with Crippen molar-refractivity contribution in [2.75, 3.05) is 19.8 Å². The summed E-state index contributed by atoms with van der Waals surface area (Å²) < 4.78 is 6.51. The number of aliphatic hydroxyl groups is 1. The van der Waals surface area contributed by atoms with Gasteiger partial charge in [0.05, 0.1) is 5.57 Å². The van der Waals surface area contributed by atoms with Crippen LogP contribution in [0, 0.1) is 5.41 Å². The second kappa shape index (κ2) is 5.97. The lowest BCUT2D eigenvalue weighted by Crippen LogP contribution is -2.37. The number of carbonyl (C=O) groups excluding carboxylic acids is 1. The van der Waals surface area contributed by atoms with E-state index < -0.39 is 0 Å². The Morgan fingerprint density at radius 1 is 1.50 bits per heavy atom. The fourth-order valence-electron chi connectivity index (χ4n) is 1.77. The maximum atomic E-state index is 12.1. The smallest absolute Gasteiger partial charge is 0.250 e. The lowest BCUT2D eigenvalue weighted by atomic mass is 9.95. The highest BCUT2D eigenvalue weighted by molar-refractivity contribution is 9.10. The molecule has 5 heteroatoms. The Balaban J connectivity index is 2.08. The highest BCUT2D eigenvalue weighted by Crippen LogP contribution is 2.29. The van der Waals surface area contributed by atoms with Gasteiger partial charge in [-0.05, 0) is 24.3 Å². The van der Waals surface area contributed by atoms with Gasteiger partial charge in [-0.3, -0.25) is 4.79 Å². The minimum absolute atomic E-state index is 0.0264. The topological polar surface area (TPSA) is 58.6 Å². The third kappa shape index (κ3) is 3.61. The van der Waals surface area contributed by atoms with Gasteiger partial charge < -0.3 is 15.2 Å². The molecule has 108 valence electrons. The van der Waals surface area contributed by atoms with Crippen LogP contribution in [0.5, 0.6) is 5.75 Å². The van der Waals surface area contributed by atoms with Gasteiger partial charge in [0.15, 0.2) is 0 Å². The number of nitrogens with one attached hydrogen (secondary N) is 1. The summed E-state index contributed by atoms with van der Waals surface area (Å²) in [7, 11) is 0. The monoisotopic (exact) mass is 339 g/mol. The predicted octanol–water partition coefficient (Wildman–Crippen LogP) is 2.36. The quantitative estimate of drug-likeness (QED) is 0.885. The van der Waals surface area contributed by atoms with E-state index in [4.69, 9.17) is 4.74 Å². The van der Waals surface area contributed by atoms with Gasteiger partial charge in [0.2, 0.25) is 0 Å². The van der Waals surface area contributed by atoms with Crippen molar-refractivity contribution in [1.82, 2.24) is 5.32 Å². The van der Waals surface area contributed by atoms with E-state index >= 15 is 0 Å². The van der Waals surface area contributed by atoms with Crippen LogP contribution in [0.2, 0.25) is 0 Å². The molecule has 1 aliphatic heterocycles. The summed E-state index contributed by atoms with van der Waals surface area (Å²) in [4.78, 5) is 12.1.